The third-order valence-electron chi connectivity index (χ3n) is 2.88. The Morgan fingerprint density at radius 3 is 2.53 bits per heavy atom. The summed E-state index contributed by atoms with van der Waals surface area (Å²) in [5, 5.41) is 10.3. The van der Waals surface area contributed by atoms with E-state index in [0.29, 0.717) is 36.3 Å². The Hall–Kier alpha value is -1.77. The van der Waals surface area contributed by atoms with Gasteiger partial charge in [0, 0.05) is 12.0 Å². The maximum absolute atomic E-state index is 11.8. The number of rotatable bonds is 6. The Kier molecular flexibility index (Phi) is 5.61. The Bertz CT molecular complexity index is 483. The van der Waals surface area contributed by atoms with E-state index in [4.69, 9.17) is 4.74 Å². The van der Waals surface area contributed by atoms with Gasteiger partial charge in [-0.1, -0.05) is 18.6 Å². The zero-order valence-corrected chi connectivity index (χ0v) is 12.1. The molecule has 1 aromatic carbocycles. The first-order chi connectivity index (χ1) is 9.01. The third-order valence-corrected chi connectivity index (χ3v) is 2.88. The molecule has 1 rings (SSSR count). The van der Waals surface area contributed by atoms with Crippen molar-refractivity contribution in [3.63, 3.8) is 0 Å². The van der Waals surface area contributed by atoms with Crippen molar-refractivity contribution in [3.05, 3.63) is 34.9 Å². The average molecular weight is 262 g/mol. The van der Waals surface area contributed by atoms with Gasteiger partial charge in [-0.05, 0) is 39.3 Å². The van der Waals surface area contributed by atoms with Crippen molar-refractivity contribution >= 4 is 5.78 Å². The first kappa shape index (κ1) is 15.3. The van der Waals surface area contributed by atoms with Crippen molar-refractivity contribution in [2.45, 2.75) is 40.5 Å². The van der Waals surface area contributed by atoms with Crippen molar-refractivity contribution in [1.29, 1.82) is 0 Å². The number of allylic oxidation sites excluding steroid dienone is 2. The number of hydrogen-bond acceptors (Lipinski definition) is 3. The molecule has 19 heavy (non-hydrogen) atoms. The number of benzene rings is 1. The predicted molar refractivity (Wildman–Crippen MR) is 77.0 cm³/mol. The van der Waals surface area contributed by atoms with Gasteiger partial charge < -0.3 is 9.84 Å². The van der Waals surface area contributed by atoms with Crippen LogP contribution in [0.3, 0.4) is 0 Å². The minimum absolute atomic E-state index is 0.0512. The fraction of sp³-hybridized carbons (Fsp3) is 0.438. The summed E-state index contributed by atoms with van der Waals surface area (Å²) in [5.41, 5.74) is 2.22. The molecule has 0 unspecified atom stereocenters. The molecule has 0 aliphatic heterocycles. The van der Waals surface area contributed by atoms with E-state index in [1.54, 1.807) is 19.1 Å². The smallest absolute Gasteiger partial charge is 0.166 e. The van der Waals surface area contributed by atoms with E-state index in [1.807, 2.05) is 26.8 Å². The standard InChI is InChI=1S/C16H22O3/c1-5-14(17)12-9-10-15(19-6-2)13(16(12)18)8-7-11(3)4/h7,9-10,18H,5-6,8H2,1-4H3. The highest BCUT2D eigenvalue weighted by atomic mass is 16.5. The summed E-state index contributed by atoms with van der Waals surface area (Å²) in [4.78, 5) is 11.8. The summed E-state index contributed by atoms with van der Waals surface area (Å²) in [7, 11) is 0. The van der Waals surface area contributed by atoms with Gasteiger partial charge in [-0.25, -0.2) is 0 Å². The molecule has 0 saturated heterocycles. The largest absolute Gasteiger partial charge is 0.507 e. The molecule has 0 aliphatic carbocycles. The molecule has 104 valence electrons. The molecule has 0 aromatic heterocycles. The van der Waals surface area contributed by atoms with Crippen LogP contribution >= 0.6 is 0 Å². The molecule has 0 spiro atoms. The van der Waals surface area contributed by atoms with Crippen molar-refractivity contribution in [2.75, 3.05) is 6.61 Å². The average Bonchev–Trinajstić information content (AvgIpc) is 2.37. The van der Waals surface area contributed by atoms with Crippen molar-refractivity contribution in [1.82, 2.24) is 0 Å². The molecule has 0 aliphatic rings. The maximum Gasteiger partial charge on any atom is 0.166 e. The lowest BCUT2D eigenvalue weighted by molar-refractivity contribution is 0.0985. The molecule has 0 heterocycles. The minimum atomic E-state index is -0.0565. The summed E-state index contributed by atoms with van der Waals surface area (Å²) in [5.74, 6) is 0.638. The minimum Gasteiger partial charge on any atom is -0.507 e. The fourth-order valence-electron chi connectivity index (χ4n) is 1.83. The van der Waals surface area contributed by atoms with E-state index >= 15 is 0 Å². The predicted octanol–water partition coefficient (Wildman–Crippen LogP) is 3.89. The van der Waals surface area contributed by atoms with E-state index < -0.39 is 0 Å². The van der Waals surface area contributed by atoms with Crippen molar-refractivity contribution in [2.24, 2.45) is 0 Å². The van der Waals surface area contributed by atoms with Gasteiger partial charge in [0.25, 0.3) is 0 Å². The van der Waals surface area contributed by atoms with Gasteiger partial charge in [0.1, 0.15) is 11.5 Å². The highest BCUT2D eigenvalue weighted by Crippen LogP contribution is 2.33. The second kappa shape index (κ2) is 6.98. The molecule has 0 radical (unpaired) electrons. The second-order valence-electron chi connectivity index (χ2n) is 4.63. The van der Waals surface area contributed by atoms with Crippen molar-refractivity contribution in [3.8, 4) is 11.5 Å². The van der Waals surface area contributed by atoms with E-state index in [1.165, 1.54) is 0 Å². The molecule has 0 saturated carbocycles. The first-order valence-electron chi connectivity index (χ1n) is 6.65. The molecule has 0 amide bonds. The Balaban J connectivity index is 3.26. The lowest BCUT2D eigenvalue weighted by Crippen LogP contribution is -2.03. The lowest BCUT2D eigenvalue weighted by Gasteiger charge is -2.13. The summed E-state index contributed by atoms with van der Waals surface area (Å²) < 4.78 is 5.52. The number of ether oxygens (including phenoxy) is 1. The van der Waals surface area contributed by atoms with Gasteiger partial charge in [0.15, 0.2) is 5.78 Å². The molecule has 0 fully saturated rings. The fourth-order valence-corrected chi connectivity index (χ4v) is 1.83. The number of Topliss-reactive ketones (excluding diaryl/α,β-unsaturated/α-hetero) is 1. The van der Waals surface area contributed by atoms with Gasteiger partial charge in [-0.2, -0.15) is 0 Å². The van der Waals surface area contributed by atoms with Crippen LogP contribution in [0.4, 0.5) is 0 Å². The van der Waals surface area contributed by atoms with Gasteiger partial charge in [0.05, 0.1) is 12.2 Å². The number of aromatic hydroxyl groups is 1. The summed E-state index contributed by atoms with van der Waals surface area (Å²) in [6, 6.07) is 3.40. The van der Waals surface area contributed by atoms with E-state index in [-0.39, 0.29) is 11.5 Å². The number of carbonyl (C=O) groups excluding carboxylic acids is 1. The molecule has 0 atom stereocenters. The van der Waals surface area contributed by atoms with Crippen molar-refractivity contribution < 1.29 is 14.6 Å². The van der Waals surface area contributed by atoms with Crippen LogP contribution in [-0.4, -0.2) is 17.5 Å². The van der Waals surface area contributed by atoms with Crippen LogP contribution in [-0.2, 0) is 6.42 Å². The third kappa shape index (κ3) is 3.85. The van der Waals surface area contributed by atoms with Gasteiger partial charge in [-0.3, -0.25) is 4.79 Å². The molecule has 1 N–H and O–H groups in total. The van der Waals surface area contributed by atoms with Crippen LogP contribution in [0.25, 0.3) is 0 Å². The topological polar surface area (TPSA) is 46.5 Å². The normalized spacial score (nSPS) is 10.1. The molecule has 0 bridgehead atoms. The zero-order valence-electron chi connectivity index (χ0n) is 12.1. The van der Waals surface area contributed by atoms with E-state index in [2.05, 4.69) is 0 Å². The molecule has 3 nitrogen and oxygen atoms in total. The number of hydrogen-bond donors (Lipinski definition) is 1. The number of carbonyl (C=O) groups is 1. The SMILES string of the molecule is CCOc1ccc(C(=O)CC)c(O)c1CC=C(C)C. The second-order valence-corrected chi connectivity index (χ2v) is 4.63. The monoisotopic (exact) mass is 262 g/mol. The maximum atomic E-state index is 11.8. The van der Waals surface area contributed by atoms with Crippen LogP contribution in [0.2, 0.25) is 0 Å². The van der Waals surface area contributed by atoms with Crippen LogP contribution in [0.15, 0.2) is 23.8 Å². The highest BCUT2D eigenvalue weighted by Gasteiger charge is 2.16. The molecule has 1 aromatic rings. The Morgan fingerprint density at radius 1 is 1.32 bits per heavy atom. The van der Waals surface area contributed by atoms with Crippen LogP contribution < -0.4 is 4.74 Å². The Morgan fingerprint density at radius 2 is 2.00 bits per heavy atom. The van der Waals surface area contributed by atoms with Gasteiger partial charge >= 0.3 is 0 Å². The summed E-state index contributed by atoms with van der Waals surface area (Å²) in [6.45, 7) is 8.21. The first-order valence-corrected chi connectivity index (χ1v) is 6.65. The summed E-state index contributed by atoms with van der Waals surface area (Å²) >= 11 is 0. The summed E-state index contributed by atoms with van der Waals surface area (Å²) in [6.07, 6.45) is 2.95. The lowest BCUT2D eigenvalue weighted by atomic mass is 10.00. The van der Waals surface area contributed by atoms with Gasteiger partial charge in [0.2, 0.25) is 0 Å². The molecular weight excluding hydrogens is 240 g/mol. The quantitative estimate of drug-likeness (QED) is 0.625. The Labute approximate surface area is 114 Å². The molecule has 3 heteroatoms. The zero-order chi connectivity index (χ0) is 14.4. The van der Waals surface area contributed by atoms with E-state index in [0.717, 1.165) is 5.57 Å². The number of phenolic OH excluding ortho intramolecular Hbond substituents is 1. The van der Waals surface area contributed by atoms with Crippen LogP contribution in [0.1, 0.15) is 50.0 Å². The van der Waals surface area contributed by atoms with Gasteiger partial charge in [-0.15, -0.1) is 0 Å². The van der Waals surface area contributed by atoms with E-state index in [9.17, 15) is 9.90 Å². The van der Waals surface area contributed by atoms with Crippen LogP contribution in [0, 0.1) is 0 Å². The number of phenols is 1. The number of ketones is 1. The highest BCUT2D eigenvalue weighted by molar-refractivity contribution is 5.99. The molecular formula is C16H22O3. The van der Waals surface area contributed by atoms with Crippen LogP contribution in [0.5, 0.6) is 11.5 Å².